The third-order valence-electron chi connectivity index (χ3n) is 4.85. The Morgan fingerprint density at radius 1 is 1.03 bits per heavy atom. The van der Waals surface area contributed by atoms with Crippen LogP contribution in [-0.2, 0) is 9.47 Å². The normalized spacial score (nSPS) is 16.0. The molecule has 0 aliphatic carbocycles. The lowest BCUT2D eigenvalue weighted by Gasteiger charge is -2.17. The molecular weight excluding hydrogens is 386 g/mol. The van der Waals surface area contributed by atoms with Gasteiger partial charge in [0.2, 0.25) is 5.95 Å². The van der Waals surface area contributed by atoms with Gasteiger partial charge in [0.25, 0.3) is 0 Å². The Balaban J connectivity index is 1.70. The van der Waals surface area contributed by atoms with E-state index in [-0.39, 0.29) is 0 Å². The van der Waals surface area contributed by atoms with Crippen molar-refractivity contribution in [1.29, 1.82) is 0 Å². The van der Waals surface area contributed by atoms with Gasteiger partial charge in [-0.05, 0) is 25.5 Å². The number of fused-ring (bicyclic) bond motifs is 1. The van der Waals surface area contributed by atoms with Crippen LogP contribution in [0.5, 0.6) is 11.5 Å². The Hall–Kier alpha value is -2.36. The van der Waals surface area contributed by atoms with Crippen LogP contribution in [-0.4, -0.2) is 76.3 Å². The van der Waals surface area contributed by atoms with Gasteiger partial charge in [-0.1, -0.05) is 6.92 Å². The molecule has 3 N–H and O–H groups in total. The number of ether oxygens (including phenoxy) is 4. The second-order valence-electron chi connectivity index (χ2n) is 7.11. The summed E-state index contributed by atoms with van der Waals surface area (Å²) in [7, 11) is 3.25. The quantitative estimate of drug-likeness (QED) is 0.422. The molecule has 0 radical (unpaired) electrons. The topological polar surface area (TPSA) is 98.8 Å². The maximum atomic E-state index is 5.59. The molecular formula is C21H33N5O4. The zero-order chi connectivity index (χ0) is 21.2. The van der Waals surface area contributed by atoms with Gasteiger partial charge in [-0.2, -0.15) is 4.98 Å². The third kappa shape index (κ3) is 6.07. The molecule has 0 unspecified atom stereocenters. The molecule has 0 bridgehead atoms. The molecule has 0 amide bonds. The highest BCUT2D eigenvalue weighted by Crippen LogP contribution is 2.34. The first-order chi connectivity index (χ1) is 14.7. The van der Waals surface area contributed by atoms with Crippen molar-refractivity contribution in [3.63, 3.8) is 0 Å². The monoisotopic (exact) mass is 419 g/mol. The van der Waals surface area contributed by atoms with Crippen LogP contribution in [0.2, 0.25) is 0 Å². The Labute approximate surface area is 177 Å². The Bertz CT molecular complexity index is 799. The van der Waals surface area contributed by atoms with Crippen LogP contribution in [0.25, 0.3) is 10.9 Å². The molecule has 9 heteroatoms. The molecule has 1 saturated heterocycles. The van der Waals surface area contributed by atoms with Crippen molar-refractivity contribution in [2.24, 2.45) is 0 Å². The van der Waals surface area contributed by atoms with Crippen LogP contribution in [0.1, 0.15) is 19.8 Å². The van der Waals surface area contributed by atoms with Gasteiger partial charge in [0.15, 0.2) is 11.5 Å². The fourth-order valence-electron chi connectivity index (χ4n) is 3.32. The standard InChI is InChI=1S/C21H33N5O4/c1-4-8-29-10-11-30-9-7-23-21-25-17-13-19(28-3)18(27-2)12-16(17)20(26-21)24-15-5-6-22-14-15/h12-13,15,22H,4-11,14H2,1-3H3,(H2,23,24,25,26)/t15-/m0/s1. The Morgan fingerprint density at radius 2 is 1.80 bits per heavy atom. The first kappa shape index (κ1) is 22.3. The molecule has 0 saturated carbocycles. The highest BCUT2D eigenvalue weighted by molar-refractivity contribution is 5.92. The van der Waals surface area contributed by atoms with Gasteiger partial charge in [-0.3, -0.25) is 0 Å². The first-order valence-electron chi connectivity index (χ1n) is 10.6. The van der Waals surface area contributed by atoms with E-state index in [1.54, 1.807) is 14.2 Å². The summed E-state index contributed by atoms with van der Waals surface area (Å²) in [6.07, 6.45) is 2.07. The summed E-state index contributed by atoms with van der Waals surface area (Å²) in [5.74, 6) is 2.62. The van der Waals surface area contributed by atoms with Gasteiger partial charge < -0.3 is 34.9 Å². The number of rotatable bonds is 13. The molecule has 1 atom stereocenters. The number of anilines is 2. The zero-order valence-corrected chi connectivity index (χ0v) is 18.1. The molecule has 1 aromatic heterocycles. The van der Waals surface area contributed by atoms with Gasteiger partial charge >= 0.3 is 0 Å². The van der Waals surface area contributed by atoms with E-state index in [9.17, 15) is 0 Å². The van der Waals surface area contributed by atoms with E-state index < -0.39 is 0 Å². The van der Waals surface area contributed by atoms with Crippen LogP contribution in [0.15, 0.2) is 12.1 Å². The molecule has 9 nitrogen and oxygen atoms in total. The molecule has 30 heavy (non-hydrogen) atoms. The smallest absolute Gasteiger partial charge is 0.225 e. The fraction of sp³-hybridized carbons (Fsp3) is 0.619. The molecule has 166 valence electrons. The highest BCUT2D eigenvalue weighted by atomic mass is 16.5. The predicted molar refractivity (Wildman–Crippen MR) is 118 cm³/mol. The van der Waals surface area contributed by atoms with Crippen molar-refractivity contribution in [3.8, 4) is 11.5 Å². The minimum Gasteiger partial charge on any atom is -0.493 e. The fourth-order valence-corrected chi connectivity index (χ4v) is 3.32. The van der Waals surface area contributed by atoms with E-state index in [1.165, 1.54) is 0 Å². The Morgan fingerprint density at radius 3 is 2.50 bits per heavy atom. The van der Waals surface area contributed by atoms with Crippen molar-refractivity contribution in [2.45, 2.75) is 25.8 Å². The lowest BCUT2D eigenvalue weighted by atomic mass is 10.2. The summed E-state index contributed by atoms with van der Waals surface area (Å²) in [6, 6.07) is 4.12. The first-order valence-corrected chi connectivity index (χ1v) is 10.6. The number of hydrogen-bond acceptors (Lipinski definition) is 9. The lowest BCUT2D eigenvalue weighted by molar-refractivity contribution is 0.0518. The molecule has 1 aliphatic heterocycles. The molecule has 2 heterocycles. The van der Waals surface area contributed by atoms with Crippen LogP contribution in [0, 0.1) is 0 Å². The minimum absolute atomic E-state index is 0.329. The molecule has 2 aromatic rings. The summed E-state index contributed by atoms with van der Waals surface area (Å²) in [4.78, 5) is 9.37. The maximum Gasteiger partial charge on any atom is 0.225 e. The molecule has 1 fully saturated rings. The third-order valence-corrected chi connectivity index (χ3v) is 4.85. The van der Waals surface area contributed by atoms with Crippen molar-refractivity contribution in [3.05, 3.63) is 12.1 Å². The lowest BCUT2D eigenvalue weighted by Crippen LogP contribution is -2.23. The summed E-state index contributed by atoms with van der Waals surface area (Å²) in [6.45, 7) is 7.14. The Kier molecular flexibility index (Phi) is 8.73. The van der Waals surface area contributed by atoms with Gasteiger partial charge in [-0.25, -0.2) is 4.98 Å². The van der Waals surface area contributed by atoms with Crippen molar-refractivity contribution < 1.29 is 18.9 Å². The van der Waals surface area contributed by atoms with E-state index in [0.717, 1.165) is 49.3 Å². The summed E-state index contributed by atoms with van der Waals surface area (Å²) in [5.41, 5.74) is 0.785. The van der Waals surface area contributed by atoms with Gasteiger partial charge in [0.05, 0.1) is 39.6 Å². The molecule has 1 aliphatic rings. The second-order valence-corrected chi connectivity index (χ2v) is 7.11. The number of aromatic nitrogens is 2. The minimum atomic E-state index is 0.329. The van der Waals surface area contributed by atoms with E-state index in [2.05, 4.69) is 27.9 Å². The van der Waals surface area contributed by atoms with Crippen molar-refractivity contribution in [2.75, 3.05) is 70.9 Å². The average Bonchev–Trinajstić information content (AvgIpc) is 3.27. The average molecular weight is 420 g/mol. The number of hydrogen-bond donors (Lipinski definition) is 3. The van der Waals surface area contributed by atoms with Crippen molar-refractivity contribution >= 4 is 22.7 Å². The van der Waals surface area contributed by atoms with Crippen LogP contribution in [0.4, 0.5) is 11.8 Å². The summed E-state index contributed by atoms with van der Waals surface area (Å²) >= 11 is 0. The van der Waals surface area contributed by atoms with E-state index in [0.29, 0.717) is 49.9 Å². The zero-order valence-electron chi connectivity index (χ0n) is 18.1. The predicted octanol–water partition coefficient (Wildman–Crippen LogP) is 2.28. The van der Waals surface area contributed by atoms with Crippen LogP contribution < -0.4 is 25.4 Å². The van der Waals surface area contributed by atoms with Gasteiger partial charge in [0, 0.05) is 37.2 Å². The summed E-state index contributed by atoms with van der Waals surface area (Å²) < 4.78 is 21.9. The van der Waals surface area contributed by atoms with E-state index in [1.807, 2.05) is 12.1 Å². The molecule has 0 spiro atoms. The highest BCUT2D eigenvalue weighted by Gasteiger charge is 2.18. The second kappa shape index (κ2) is 11.7. The van der Waals surface area contributed by atoms with E-state index >= 15 is 0 Å². The number of methoxy groups -OCH3 is 2. The maximum absolute atomic E-state index is 5.59. The largest absolute Gasteiger partial charge is 0.493 e. The van der Waals surface area contributed by atoms with Crippen molar-refractivity contribution in [1.82, 2.24) is 15.3 Å². The van der Waals surface area contributed by atoms with E-state index in [4.69, 9.17) is 23.9 Å². The van der Waals surface area contributed by atoms with Gasteiger partial charge in [-0.15, -0.1) is 0 Å². The van der Waals surface area contributed by atoms with Gasteiger partial charge in [0.1, 0.15) is 5.82 Å². The molecule has 1 aromatic carbocycles. The summed E-state index contributed by atoms with van der Waals surface area (Å²) in [5, 5.41) is 11.1. The SMILES string of the molecule is CCCOCCOCCNc1nc(N[C@H]2CCNC2)c2cc(OC)c(OC)cc2n1. The van der Waals surface area contributed by atoms with Crippen LogP contribution in [0.3, 0.4) is 0 Å². The number of nitrogens with one attached hydrogen (secondary N) is 3. The molecule has 3 rings (SSSR count). The number of nitrogens with zero attached hydrogens (tertiary/aromatic N) is 2. The van der Waals surface area contributed by atoms with Crippen LogP contribution >= 0.6 is 0 Å². The number of benzene rings is 1.